The molecule has 108 valence electrons. The molecule has 0 unspecified atom stereocenters. The number of nitrogens with two attached hydrogens (primary N) is 1. The van der Waals surface area contributed by atoms with Crippen LogP contribution in [0.1, 0.15) is 31.5 Å². The van der Waals surface area contributed by atoms with Crippen LogP contribution in [0.4, 0.5) is 0 Å². The van der Waals surface area contributed by atoms with Crippen molar-refractivity contribution in [1.82, 2.24) is 10.1 Å². The molecule has 0 saturated heterocycles. The average Bonchev–Trinajstić information content (AvgIpc) is 3.02. The Kier molecular flexibility index (Phi) is 4.74. The number of nitrogens with zero attached hydrogens (tertiary/aromatic N) is 2. The van der Waals surface area contributed by atoms with Gasteiger partial charge >= 0.3 is 0 Å². The molecule has 1 heterocycles. The van der Waals surface area contributed by atoms with Gasteiger partial charge in [0.1, 0.15) is 0 Å². The summed E-state index contributed by atoms with van der Waals surface area (Å²) in [4.78, 5) is 4.43. The Morgan fingerprint density at radius 3 is 2.70 bits per heavy atom. The average molecular weight is 379 g/mol. The van der Waals surface area contributed by atoms with Crippen LogP contribution in [0.15, 0.2) is 27.2 Å². The molecule has 0 amide bonds. The van der Waals surface area contributed by atoms with Gasteiger partial charge in [0, 0.05) is 4.47 Å². The highest BCUT2D eigenvalue weighted by molar-refractivity contribution is 9.10. The third kappa shape index (κ3) is 2.72. The maximum Gasteiger partial charge on any atom is 0.259 e. The van der Waals surface area contributed by atoms with E-state index in [1.807, 2.05) is 18.2 Å². The molecule has 0 spiro atoms. The summed E-state index contributed by atoms with van der Waals surface area (Å²) in [5, 5.41) is 4.60. The Bertz CT molecular complexity index is 611. The van der Waals surface area contributed by atoms with Crippen LogP contribution in [0, 0.1) is 0 Å². The number of rotatable bonds is 2. The fourth-order valence-electron chi connectivity index (χ4n) is 2.43. The van der Waals surface area contributed by atoms with Gasteiger partial charge in [0.05, 0.1) is 16.1 Å². The summed E-state index contributed by atoms with van der Waals surface area (Å²) in [5.74, 6) is 0.995. The molecule has 1 aromatic carbocycles. The maximum absolute atomic E-state index is 6.31. The van der Waals surface area contributed by atoms with E-state index in [4.69, 9.17) is 21.9 Å². The van der Waals surface area contributed by atoms with Crippen molar-refractivity contribution in [2.75, 3.05) is 0 Å². The lowest BCUT2D eigenvalue weighted by Gasteiger charge is -2.17. The summed E-state index contributed by atoms with van der Waals surface area (Å²) in [6, 6.07) is 5.59. The van der Waals surface area contributed by atoms with E-state index in [1.54, 1.807) is 0 Å². The van der Waals surface area contributed by atoms with Gasteiger partial charge in [0.2, 0.25) is 0 Å². The van der Waals surface area contributed by atoms with Gasteiger partial charge in [-0.25, -0.2) is 0 Å². The van der Waals surface area contributed by atoms with Gasteiger partial charge in [0.25, 0.3) is 5.89 Å². The van der Waals surface area contributed by atoms with E-state index >= 15 is 0 Å². The zero-order valence-corrected chi connectivity index (χ0v) is 13.8. The predicted octanol–water partition coefficient (Wildman–Crippen LogP) is 4.30. The lowest BCUT2D eigenvalue weighted by Crippen LogP contribution is -2.34. The van der Waals surface area contributed by atoms with Crippen LogP contribution in [0.2, 0.25) is 5.02 Å². The molecule has 0 radical (unpaired) electrons. The zero-order valence-electron chi connectivity index (χ0n) is 10.6. The second-order valence-electron chi connectivity index (χ2n) is 4.89. The Labute approximate surface area is 136 Å². The van der Waals surface area contributed by atoms with Gasteiger partial charge in [-0.15, -0.1) is 12.4 Å². The maximum atomic E-state index is 6.31. The first-order valence-electron chi connectivity index (χ1n) is 6.18. The molecule has 20 heavy (non-hydrogen) atoms. The van der Waals surface area contributed by atoms with E-state index in [1.165, 1.54) is 0 Å². The smallest absolute Gasteiger partial charge is 0.259 e. The quantitative estimate of drug-likeness (QED) is 0.845. The summed E-state index contributed by atoms with van der Waals surface area (Å²) in [6.07, 6.45) is 4.02. The van der Waals surface area contributed by atoms with Crippen molar-refractivity contribution in [3.63, 3.8) is 0 Å². The minimum absolute atomic E-state index is 0. The van der Waals surface area contributed by atoms with Crippen molar-refractivity contribution in [1.29, 1.82) is 0 Å². The van der Waals surface area contributed by atoms with Gasteiger partial charge in [-0.05, 0) is 40.9 Å². The third-order valence-corrected chi connectivity index (χ3v) is 4.85. The lowest BCUT2D eigenvalue weighted by atomic mass is 9.99. The highest BCUT2D eigenvalue weighted by Crippen LogP contribution is 2.37. The zero-order chi connectivity index (χ0) is 13.5. The first-order chi connectivity index (χ1) is 9.10. The van der Waals surface area contributed by atoms with Crippen molar-refractivity contribution >= 4 is 39.9 Å². The first kappa shape index (κ1) is 15.8. The van der Waals surface area contributed by atoms with Crippen LogP contribution >= 0.6 is 39.9 Å². The monoisotopic (exact) mass is 377 g/mol. The molecule has 3 rings (SSSR count). The molecule has 1 aliphatic rings. The summed E-state index contributed by atoms with van der Waals surface area (Å²) in [6.45, 7) is 0. The summed E-state index contributed by atoms with van der Waals surface area (Å²) in [5.41, 5.74) is 6.59. The largest absolute Gasteiger partial charge is 0.334 e. The number of hydrogen-bond acceptors (Lipinski definition) is 4. The highest BCUT2D eigenvalue weighted by atomic mass is 79.9. The predicted molar refractivity (Wildman–Crippen MR) is 84.0 cm³/mol. The third-order valence-electron chi connectivity index (χ3n) is 3.55. The standard InChI is InChI=1S/C13H13BrClN3O.ClH/c14-9-5-3-4-8(10(9)15)11-17-12(18-19-11)13(16)6-1-2-7-13;/h3-5H,1-2,6-7,16H2;1H. The molecule has 1 aliphatic carbocycles. The van der Waals surface area contributed by atoms with E-state index < -0.39 is 5.54 Å². The lowest BCUT2D eigenvalue weighted by molar-refractivity contribution is 0.372. The van der Waals surface area contributed by atoms with Crippen molar-refractivity contribution < 1.29 is 4.52 Å². The van der Waals surface area contributed by atoms with E-state index in [0.29, 0.717) is 16.7 Å². The molecule has 2 aromatic rings. The number of benzene rings is 1. The summed E-state index contributed by atoms with van der Waals surface area (Å²) in [7, 11) is 0. The van der Waals surface area contributed by atoms with E-state index in [2.05, 4.69) is 26.1 Å². The molecule has 1 fully saturated rings. The van der Waals surface area contributed by atoms with Gasteiger partial charge in [-0.1, -0.05) is 35.7 Å². The van der Waals surface area contributed by atoms with Gasteiger partial charge in [-0.2, -0.15) is 4.98 Å². The van der Waals surface area contributed by atoms with Crippen LogP contribution < -0.4 is 5.73 Å². The second kappa shape index (κ2) is 6.02. The van der Waals surface area contributed by atoms with Gasteiger partial charge in [0.15, 0.2) is 5.82 Å². The van der Waals surface area contributed by atoms with Crippen LogP contribution in [-0.2, 0) is 5.54 Å². The summed E-state index contributed by atoms with van der Waals surface area (Å²) >= 11 is 9.61. The Morgan fingerprint density at radius 2 is 2.00 bits per heavy atom. The van der Waals surface area contributed by atoms with E-state index in [0.717, 1.165) is 35.7 Å². The fourth-order valence-corrected chi connectivity index (χ4v) is 3.01. The molecular formula is C13H14BrCl2N3O. The van der Waals surface area contributed by atoms with E-state index in [9.17, 15) is 0 Å². The topological polar surface area (TPSA) is 64.9 Å². The first-order valence-corrected chi connectivity index (χ1v) is 7.35. The molecule has 4 nitrogen and oxygen atoms in total. The van der Waals surface area contributed by atoms with Crippen LogP contribution in [0.5, 0.6) is 0 Å². The molecule has 0 aliphatic heterocycles. The molecule has 2 N–H and O–H groups in total. The van der Waals surface area contributed by atoms with Gasteiger partial charge in [-0.3, -0.25) is 0 Å². The number of aromatic nitrogens is 2. The van der Waals surface area contributed by atoms with Crippen molar-refractivity contribution in [2.24, 2.45) is 5.73 Å². The minimum Gasteiger partial charge on any atom is -0.334 e. The van der Waals surface area contributed by atoms with Crippen molar-refractivity contribution in [2.45, 2.75) is 31.2 Å². The van der Waals surface area contributed by atoms with E-state index in [-0.39, 0.29) is 12.4 Å². The van der Waals surface area contributed by atoms with Crippen LogP contribution in [0.25, 0.3) is 11.5 Å². The molecule has 0 bridgehead atoms. The molecular weight excluding hydrogens is 365 g/mol. The van der Waals surface area contributed by atoms with Crippen LogP contribution in [0.3, 0.4) is 0 Å². The number of hydrogen-bond donors (Lipinski definition) is 1. The van der Waals surface area contributed by atoms with Gasteiger partial charge < -0.3 is 10.3 Å². The van der Waals surface area contributed by atoms with Crippen molar-refractivity contribution in [3.05, 3.63) is 33.5 Å². The summed E-state index contributed by atoms with van der Waals surface area (Å²) < 4.78 is 6.12. The van der Waals surface area contributed by atoms with Crippen LogP contribution in [-0.4, -0.2) is 10.1 Å². The molecule has 0 atom stereocenters. The highest BCUT2D eigenvalue weighted by Gasteiger charge is 2.36. The Hall–Kier alpha value is -0.620. The Morgan fingerprint density at radius 1 is 1.30 bits per heavy atom. The molecule has 1 aromatic heterocycles. The SMILES string of the molecule is Cl.NC1(c2noc(-c3cccc(Br)c3Cl)n2)CCCC1. The van der Waals surface area contributed by atoms with Crippen molar-refractivity contribution in [3.8, 4) is 11.5 Å². The molecule has 1 saturated carbocycles. The number of halogens is 3. The Balaban J connectivity index is 0.00000147. The minimum atomic E-state index is -0.444. The molecule has 7 heteroatoms. The fraction of sp³-hybridized carbons (Fsp3) is 0.385. The normalized spacial score (nSPS) is 16.9. The second-order valence-corrected chi connectivity index (χ2v) is 6.12.